The van der Waals surface area contributed by atoms with Gasteiger partial charge >= 0.3 is 0 Å². The van der Waals surface area contributed by atoms with Gasteiger partial charge in [-0.1, -0.05) is 15.9 Å². The van der Waals surface area contributed by atoms with Crippen LogP contribution in [0.1, 0.15) is 24.4 Å². The molecule has 1 unspecified atom stereocenters. The first-order valence-corrected chi connectivity index (χ1v) is 6.12. The normalized spacial score (nSPS) is 19.2. The van der Waals surface area contributed by atoms with E-state index in [9.17, 15) is 5.11 Å². The van der Waals surface area contributed by atoms with Crippen LogP contribution in [-0.4, -0.2) is 18.8 Å². The van der Waals surface area contributed by atoms with Crippen LogP contribution in [0.4, 0.5) is 0 Å². The first-order valence-electron chi connectivity index (χ1n) is 5.33. The first-order chi connectivity index (χ1) is 7.63. The van der Waals surface area contributed by atoms with Gasteiger partial charge in [-0.25, -0.2) is 0 Å². The highest BCUT2D eigenvalue weighted by molar-refractivity contribution is 9.10. The molecule has 16 heavy (non-hydrogen) atoms. The molecule has 0 bridgehead atoms. The molecule has 0 saturated heterocycles. The Balaban J connectivity index is 2.35. The number of aliphatic hydroxyl groups excluding tert-OH is 1. The Morgan fingerprint density at radius 1 is 1.56 bits per heavy atom. The van der Waals surface area contributed by atoms with Crippen molar-refractivity contribution < 1.29 is 9.84 Å². The molecule has 0 amide bonds. The van der Waals surface area contributed by atoms with Gasteiger partial charge in [-0.15, -0.1) is 0 Å². The summed E-state index contributed by atoms with van der Waals surface area (Å²) in [4.78, 5) is 0. The van der Waals surface area contributed by atoms with Crippen molar-refractivity contribution in [3.8, 4) is 5.75 Å². The average Bonchev–Trinajstić information content (AvgIpc) is 3.09. The Hall–Kier alpha value is -0.580. The van der Waals surface area contributed by atoms with E-state index in [0.717, 1.165) is 28.6 Å². The summed E-state index contributed by atoms with van der Waals surface area (Å²) in [5, 5.41) is 9.39. The maximum atomic E-state index is 9.39. The van der Waals surface area contributed by atoms with E-state index in [1.54, 1.807) is 7.11 Å². The highest BCUT2D eigenvalue weighted by Crippen LogP contribution is 2.54. The number of aliphatic hydroxyl groups is 1. The summed E-state index contributed by atoms with van der Waals surface area (Å²) < 4.78 is 6.29. The van der Waals surface area contributed by atoms with Gasteiger partial charge in [-0.3, -0.25) is 0 Å². The number of hydrogen-bond donors (Lipinski definition) is 2. The van der Waals surface area contributed by atoms with Gasteiger partial charge in [0.15, 0.2) is 0 Å². The summed E-state index contributed by atoms with van der Waals surface area (Å²) in [6.07, 6.45) is 1.97. The van der Waals surface area contributed by atoms with Crippen molar-refractivity contribution in [1.82, 2.24) is 0 Å². The Morgan fingerprint density at radius 2 is 2.25 bits per heavy atom. The molecular weight excluding hydrogens is 270 g/mol. The summed E-state index contributed by atoms with van der Waals surface area (Å²) in [6.45, 7) is 0.143. The van der Waals surface area contributed by atoms with Gasteiger partial charge in [-0.05, 0) is 31.0 Å². The van der Waals surface area contributed by atoms with Crippen molar-refractivity contribution in [3.63, 3.8) is 0 Å². The zero-order chi connectivity index (χ0) is 11.8. The van der Waals surface area contributed by atoms with E-state index in [1.165, 1.54) is 0 Å². The first kappa shape index (κ1) is 11.9. The molecule has 1 aromatic rings. The van der Waals surface area contributed by atoms with Gasteiger partial charge in [0, 0.05) is 21.5 Å². The van der Waals surface area contributed by atoms with E-state index < -0.39 is 0 Å². The molecule has 1 aromatic carbocycles. The molecule has 0 heterocycles. The number of halogens is 1. The van der Waals surface area contributed by atoms with Gasteiger partial charge in [0.1, 0.15) is 5.75 Å². The zero-order valence-corrected chi connectivity index (χ0v) is 10.8. The van der Waals surface area contributed by atoms with Crippen LogP contribution in [0.2, 0.25) is 0 Å². The fourth-order valence-corrected chi connectivity index (χ4v) is 2.38. The SMILES string of the molecule is COc1ccc(Br)cc1C(N)C1(CO)CC1. The molecule has 0 spiro atoms. The minimum atomic E-state index is -0.162. The Morgan fingerprint density at radius 3 is 2.75 bits per heavy atom. The maximum Gasteiger partial charge on any atom is 0.123 e. The molecule has 1 atom stereocenters. The van der Waals surface area contributed by atoms with E-state index in [-0.39, 0.29) is 18.1 Å². The largest absolute Gasteiger partial charge is 0.496 e. The maximum absolute atomic E-state index is 9.39. The van der Waals surface area contributed by atoms with Gasteiger partial charge in [0.05, 0.1) is 13.7 Å². The summed E-state index contributed by atoms with van der Waals surface area (Å²) in [5.74, 6) is 0.787. The van der Waals surface area contributed by atoms with Crippen molar-refractivity contribution in [2.45, 2.75) is 18.9 Å². The lowest BCUT2D eigenvalue weighted by molar-refractivity contribution is 0.186. The molecule has 1 aliphatic carbocycles. The van der Waals surface area contributed by atoms with E-state index in [0.29, 0.717) is 0 Å². The second-order valence-corrected chi connectivity index (χ2v) is 5.30. The molecule has 0 aliphatic heterocycles. The van der Waals surface area contributed by atoms with E-state index in [4.69, 9.17) is 10.5 Å². The summed E-state index contributed by atoms with van der Waals surface area (Å²) in [7, 11) is 1.64. The summed E-state index contributed by atoms with van der Waals surface area (Å²) >= 11 is 3.43. The number of hydrogen-bond acceptors (Lipinski definition) is 3. The van der Waals surface area contributed by atoms with Crippen molar-refractivity contribution in [1.29, 1.82) is 0 Å². The Kier molecular flexibility index (Phi) is 3.24. The Bertz CT molecular complexity index is 391. The topological polar surface area (TPSA) is 55.5 Å². The average molecular weight is 286 g/mol. The summed E-state index contributed by atoms with van der Waals surface area (Å²) in [5.41, 5.74) is 7.06. The molecule has 4 heteroatoms. The zero-order valence-electron chi connectivity index (χ0n) is 9.24. The third-order valence-corrected chi connectivity index (χ3v) is 3.89. The van der Waals surface area contributed by atoms with E-state index in [1.807, 2.05) is 18.2 Å². The minimum absolute atomic E-state index is 0.131. The predicted molar refractivity (Wildman–Crippen MR) is 66.4 cm³/mol. The van der Waals surface area contributed by atoms with Gasteiger partial charge < -0.3 is 15.6 Å². The highest BCUT2D eigenvalue weighted by atomic mass is 79.9. The second kappa shape index (κ2) is 4.35. The molecule has 2 rings (SSSR count). The van der Waals surface area contributed by atoms with Crippen LogP contribution in [0.25, 0.3) is 0 Å². The van der Waals surface area contributed by atoms with Crippen LogP contribution in [0.15, 0.2) is 22.7 Å². The molecule has 1 saturated carbocycles. The quantitative estimate of drug-likeness (QED) is 0.892. The standard InChI is InChI=1S/C12H16BrNO2/c1-16-10-3-2-8(13)6-9(10)11(14)12(7-15)4-5-12/h2-3,6,11,15H,4-5,7,14H2,1H3. The predicted octanol–water partition coefficient (Wildman–Crippen LogP) is 2.23. The molecule has 1 aliphatic rings. The molecular formula is C12H16BrNO2. The number of rotatable bonds is 4. The molecule has 0 radical (unpaired) electrons. The van der Waals surface area contributed by atoms with E-state index in [2.05, 4.69) is 15.9 Å². The number of ether oxygens (including phenoxy) is 1. The monoisotopic (exact) mass is 285 g/mol. The highest BCUT2D eigenvalue weighted by Gasteiger charge is 2.48. The van der Waals surface area contributed by atoms with Crippen LogP contribution in [0.3, 0.4) is 0 Å². The second-order valence-electron chi connectivity index (χ2n) is 4.38. The fourth-order valence-electron chi connectivity index (χ4n) is 2.01. The van der Waals surface area contributed by atoms with Crippen LogP contribution in [0, 0.1) is 5.41 Å². The fraction of sp³-hybridized carbons (Fsp3) is 0.500. The van der Waals surface area contributed by atoms with Crippen LogP contribution < -0.4 is 10.5 Å². The lowest BCUT2D eigenvalue weighted by atomic mass is 9.91. The van der Waals surface area contributed by atoms with Crippen LogP contribution in [-0.2, 0) is 0 Å². The smallest absolute Gasteiger partial charge is 0.123 e. The third kappa shape index (κ3) is 1.97. The van der Waals surface area contributed by atoms with Crippen LogP contribution >= 0.6 is 15.9 Å². The number of nitrogens with two attached hydrogens (primary N) is 1. The summed E-state index contributed by atoms with van der Waals surface area (Å²) in [6, 6.07) is 5.63. The molecule has 3 nitrogen and oxygen atoms in total. The van der Waals surface area contributed by atoms with Gasteiger partial charge in [-0.2, -0.15) is 0 Å². The van der Waals surface area contributed by atoms with Crippen molar-refractivity contribution in [3.05, 3.63) is 28.2 Å². The molecule has 88 valence electrons. The van der Waals surface area contributed by atoms with Crippen molar-refractivity contribution in [2.24, 2.45) is 11.1 Å². The van der Waals surface area contributed by atoms with Crippen molar-refractivity contribution in [2.75, 3.05) is 13.7 Å². The lowest BCUT2D eigenvalue weighted by Gasteiger charge is -2.23. The number of benzene rings is 1. The van der Waals surface area contributed by atoms with Crippen LogP contribution in [0.5, 0.6) is 5.75 Å². The number of methoxy groups -OCH3 is 1. The molecule has 3 N–H and O–H groups in total. The van der Waals surface area contributed by atoms with E-state index >= 15 is 0 Å². The van der Waals surface area contributed by atoms with Gasteiger partial charge in [0.2, 0.25) is 0 Å². The third-order valence-electron chi connectivity index (χ3n) is 3.39. The lowest BCUT2D eigenvalue weighted by Crippen LogP contribution is -2.26. The molecule has 0 aromatic heterocycles. The molecule has 1 fully saturated rings. The van der Waals surface area contributed by atoms with Gasteiger partial charge in [0.25, 0.3) is 0 Å². The van der Waals surface area contributed by atoms with Crippen molar-refractivity contribution >= 4 is 15.9 Å². The minimum Gasteiger partial charge on any atom is -0.496 e. The Labute approximate surface area is 104 Å².